The molecular weight excluding hydrogens is 482 g/mol. The third-order valence-electron chi connectivity index (χ3n) is 6.69. The minimum absolute atomic E-state index is 0.0420. The molecule has 0 saturated heterocycles. The lowest BCUT2D eigenvalue weighted by atomic mass is 9.88. The summed E-state index contributed by atoms with van der Waals surface area (Å²) in [6, 6.07) is 19.5. The molecule has 1 amide bonds. The fourth-order valence-electron chi connectivity index (χ4n) is 4.71. The van der Waals surface area contributed by atoms with Crippen LogP contribution in [-0.4, -0.2) is 37.5 Å². The number of ether oxygens (including phenoxy) is 1. The number of amides is 1. The van der Waals surface area contributed by atoms with Gasteiger partial charge in [-0.1, -0.05) is 44.2 Å². The van der Waals surface area contributed by atoms with Gasteiger partial charge in [0.15, 0.2) is 0 Å². The van der Waals surface area contributed by atoms with Gasteiger partial charge >= 0.3 is 0 Å². The highest BCUT2D eigenvalue weighted by molar-refractivity contribution is 5.79. The van der Waals surface area contributed by atoms with E-state index in [4.69, 9.17) is 4.74 Å². The number of fused-ring (bicyclic) bond motifs is 2. The Labute approximate surface area is 219 Å². The van der Waals surface area contributed by atoms with Crippen LogP contribution in [0.5, 0.6) is 11.6 Å². The number of aromatic hydroxyl groups is 1. The molecule has 2 aromatic carbocycles. The molecule has 0 bridgehead atoms. The summed E-state index contributed by atoms with van der Waals surface area (Å²) < 4.78 is 6.65. The Morgan fingerprint density at radius 3 is 2.50 bits per heavy atom. The number of carbonyl (C=O) groups excluding carboxylic acids is 1. The van der Waals surface area contributed by atoms with Crippen LogP contribution in [-0.2, 0) is 4.79 Å². The molecule has 0 aliphatic carbocycles. The van der Waals surface area contributed by atoms with Crippen molar-refractivity contribution in [3.63, 3.8) is 0 Å². The zero-order valence-corrected chi connectivity index (χ0v) is 21.4. The maximum absolute atomic E-state index is 13.5. The molecule has 3 heterocycles. The molecule has 9 nitrogen and oxygen atoms in total. The molecule has 38 heavy (non-hydrogen) atoms. The number of rotatable bonds is 8. The van der Waals surface area contributed by atoms with Crippen molar-refractivity contribution in [3.05, 3.63) is 100 Å². The largest absolute Gasteiger partial charge is 0.497 e. The van der Waals surface area contributed by atoms with E-state index >= 15 is 0 Å². The maximum atomic E-state index is 13.5. The van der Waals surface area contributed by atoms with Crippen LogP contribution < -0.4 is 15.6 Å². The summed E-state index contributed by atoms with van der Waals surface area (Å²) in [7, 11) is 1.57. The van der Waals surface area contributed by atoms with Gasteiger partial charge < -0.3 is 20.1 Å². The Morgan fingerprint density at radius 2 is 1.79 bits per heavy atom. The molecular formula is C29H29N5O4. The number of aromatic amines is 1. The van der Waals surface area contributed by atoms with Gasteiger partial charge in [-0.3, -0.25) is 14.0 Å². The molecule has 0 aliphatic heterocycles. The summed E-state index contributed by atoms with van der Waals surface area (Å²) in [5, 5.41) is 14.0. The minimum Gasteiger partial charge on any atom is -0.497 e. The van der Waals surface area contributed by atoms with E-state index in [1.165, 1.54) is 4.40 Å². The summed E-state index contributed by atoms with van der Waals surface area (Å²) in [6.07, 6.45) is 1.51. The van der Waals surface area contributed by atoms with E-state index < -0.39 is 17.4 Å². The Bertz CT molecular complexity index is 1620. The van der Waals surface area contributed by atoms with E-state index in [0.29, 0.717) is 22.8 Å². The standard InChI is InChI=1S/C29H29N5O4/c1-17(2)26(27-30-21-8-4-5-9-22(21)31-27)33-24(35)16-20(18-11-13-19(38-3)14-12-18)25-28(36)32-23-10-6-7-15-34(23)29(25)37/h4-15,17,20,26,36H,16H2,1-3H3,(H,30,31)(H,33,35). The van der Waals surface area contributed by atoms with E-state index in [2.05, 4.69) is 20.3 Å². The second-order valence-corrected chi connectivity index (χ2v) is 9.54. The maximum Gasteiger partial charge on any atom is 0.265 e. The number of nitrogens with zero attached hydrogens (tertiary/aromatic N) is 3. The lowest BCUT2D eigenvalue weighted by molar-refractivity contribution is -0.122. The number of aromatic nitrogens is 4. The molecule has 0 radical (unpaired) electrons. The van der Waals surface area contributed by atoms with Gasteiger partial charge in [0.1, 0.15) is 17.2 Å². The van der Waals surface area contributed by atoms with Crippen LogP contribution >= 0.6 is 0 Å². The van der Waals surface area contributed by atoms with Gasteiger partial charge in [-0.15, -0.1) is 0 Å². The van der Waals surface area contributed by atoms with Gasteiger partial charge in [-0.2, -0.15) is 4.98 Å². The van der Waals surface area contributed by atoms with Crippen molar-refractivity contribution in [2.75, 3.05) is 7.11 Å². The van der Waals surface area contributed by atoms with Crippen LogP contribution in [0.1, 0.15) is 49.2 Å². The minimum atomic E-state index is -0.749. The van der Waals surface area contributed by atoms with Crippen LogP contribution in [0.25, 0.3) is 16.7 Å². The van der Waals surface area contributed by atoms with Crippen LogP contribution in [0.2, 0.25) is 0 Å². The number of hydrogen-bond acceptors (Lipinski definition) is 6. The summed E-state index contributed by atoms with van der Waals surface area (Å²) in [5.41, 5.74) is 2.33. The highest BCUT2D eigenvalue weighted by Gasteiger charge is 2.29. The summed E-state index contributed by atoms with van der Waals surface area (Å²) in [4.78, 5) is 39.3. The number of pyridine rings is 1. The van der Waals surface area contributed by atoms with Crippen molar-refractivity contribution < 1.29 is 14.6 Å². The second kappa shape index (κ2) is 10.4. The predicted octanol–water partition coefficient (Wildman–Crippen LogP) is 4.32. The third-order valence-corrected chi connectivity index (χ3v) is 6.69. The van der Waals surface area contributed by atoms with Crippen LogP contribution in [0.15, 0.2) is 77.7 Å². The zero-order chi connectivity index (χ0) is 26.8. The van der Waals surface area contributed by atoms with Crippen molar-refractivity contribution >= 4 is 22.6 Å². The average molecular weight is 512 g/mol. The fraction of sp³-hybridized carbons (Fsp3) is 0.241. The van der Waals surface area contributed by atoms with Crippen LogP contribution in [0.4, 0.5) is 0 Å². The van der Waals surface area contributed by atoms with Gasteiger partial charge in [0.2, 0.25) is 11.8 Å². The number of hydrogen-bond donors (Lipinski definition) is 3. The smallest absolute Gasteiger partial charge is 0.265 e. The molecule has 2 unspecified atom stereocenters. The molecule has 3 aromatic heterocycles. The lowest BCUT2D eigenvalue weighted by Gasteiger charge is -2.23. The molecule has 5 rings (SSSR count). The number of methoxy groups -OCH3 is 1. The molecule has 2 atom stereocenters. The Kier molecular flexibility index (Phi) is 6.83. The Balaban J connectivity index is 1.52. The SMILES string of the molecule is COc1ccc(C(CC(=O)NC(c2nc3ccccc3[nH]2)C(C)C)c2c(O)nc3ccccn3c2=O)cc1. The van der Waals surface area contributed by atoms with Crippen LogP contribution in [0.3, 0.4) is 0 Å². The van der Waals surface area contributed by atoms with E-state index in [9.17, 15) is 14.7 Å². The lowest BCUT2D eigenvalue weighted by Crippen LogP contribution is -2.34. The van der Waals surface area contributed by atoms with Crippen molar-refractivity contribution in [2.24, 2.45) is 5.92 Å². The summed E-state index contributed by atoms with van der Waals surface area (Å²) in [5.74, 6) is -0.0959. The van der Waals surface area contributed by atoms with Gasteiger partial charge in [-0.05, 0) is 47.9 Å². The quantitative estimate of drug-likeness (QED) is 0.285. The van der Waals surface area contributed by atoms with Gasteiger partial charge in [0, 0.05) is 18.5 Å². The van der Waals surface area contributed by atoms with Crippen molar-refractivity contribution in [1.82, 2.24) is 24.7 Å². The van der Waals surface area contributed by atoms with Crippen molar-refractivity contribution in [1.29, 1.82) is 0 Å². The number of carbonyl (C=O) groups is 1. The number of imidazole rings is 1. The molecule has 5 aromatic rings. The van der Waals surface area contributed by atoms with Crippen molar-refractivity contribution in [2.45, 2.75) is 32.2 Å². The highest BCUT2D eigenvalue weighted by atomic mass is 16.5. The normalized spacial score (nSPS) is 13.1. The molecule has 3 N–H and O–H groups in total. The molecule has 9 heteroatoms. The summed E-state index contributed by atoms with van der Waals surface area (Å²) in [6.45, 7) is 4.01. The monoisotopic (exact) mass is 511 g/mol. The highest BCUT2D eigenvalue weighted by Crippen LogP contribution is 2.32. The first-order valence-corrected chi connectivity index (χ1v) is 12.4. The van der Waals surface area contributed by atoms with Gasteiger partial charge in [0.25, 0.3) is 5.56 Å². The zero-order valence-electron chi connectivity index (χ0n) is 21.4. The Hall–Kier alpha value is -4.66. The first-order valence-electron chi connectivity index (χ1n) is 12.4. The second-order valence-electron chi connectivity index (χ2n) is 9.54. The summed E-state index contributed by atoms with van der Waals surface area (Å²) >= 11 is 0. The van der Waals surface area contributed by atoms with E-state index in [1.54, 1.807) is 55.8 Å². The van der Waals surface area contributed by atoms with E-state index in [1.807, 2.05) is 38.1 Å². The van der Waals surface area contributed by atoms with Gasteiger partial charge in [-0.25, -0.2) is 4.98 Å². The molecule has 194 valence electrons. The number of benzene rings is 2. The predicted molar refractivity (Wildman–Crippen MR) is 144 cm³/mol. The van der Waals surface area contributed by atoms with E-state index in [-0.39, 0.29) is 29.9 Å². The molecule has 0 spiro atoms. The van der Waals surface area contributed by atoms with Crippen molar-refractivity contribution in [3.8, 4) is 11.6 Å². The third kappa shape index (κ3) is 4.82. The Morgan fingerprint density at radius 1 is 1.05 bits per heavy atom. The fourth-order valence-corrected chi connectivity index (χ4v) is 4.71. The molecule has 0 saturated carbocycles. The average Bonchev–Trinajstić information content (AvgIpc) is 3.35. The molecule has 0 aliphatic rings. The first kappa shape index (κ1) is 25.0. The topological polar surface area (TPSA) is 122 Å². The van der Waals surface area contributed by atoms with Crippen LogP contribution in [0, 0.1) is 5.92 Å². The molecule has 0 fully saturated rings. The number of H-pyrrole nitrogens is 1. The first-order chi connectivity index (χ1) is 18.4. The van der Waals surface area contributed by atoms with Gasteiger partial charge in [0.05, 0.1) is 29.7 Å². The van der Waals surface area contributed by atoms with E-state index in [0.717, 1.165) is 11.0 Å². The number of nitrogens with one attached hydrogen (secondary N) is 2. The number of para-hydroxylation sites is 2.